The van der Waals surface area contributed by atoms with Crippen molar-refractivity contribution in [2.75, 3.05) is 4.72 Å². The minimum atomic E-state index is -3.75. The molecule has 0 unspecified atom stereocenters. The maximum atomic E-state index is 12.2. The first kappa shape index (κ1) is 29.2. The normalized spacial score (nSPS) is 26.0. The summed E-state index contributed by atoms with van der Waals surface area (Å²) in [5, 5.41) is 20.4. The van der Waals surface area contributed by atoms with Crippen molar-refractivity contribution in [3.05, 3.63) is 52.6 Å². The number of fused-ring (bicyclic) bond motifs is 1. The molecular formula is C26H32N2O9S. The molecule has 0 fully saturated rings. The summed E-state index contributed by atoms with van der Waals surface area (Å²) in [6.45, 7) is 6.86. The SMILES string of the molecule is C/C=C1/CC2=C(C(=O)OC2=O)[C@H](CCC)[C@H](O)C(=O)C[C@@H]1O.CC(C)N1C(=O)c2ccccc2NS1(=O)=O. The van der Waals surface area contributed by atoms with Crippen LogP contribution in [0.1, 0.15) is 63.7 Å². The zero-order valence-electron chi connectivity index (χ0n) is 21.6. The molecule has 38 heavy (non-hydrogen) atoms. The van der Waals surface area contributed by atoms with Crippen molar-refractivity contribution < 1.29 is 42.5 Å². The van der Waals surface area contributed by atoms with Crippen molar-refractivity contribution in [1.29, 1.82) is 0 Å². The van der Waals surface area contributed by atoms with E-state index >= 15 is 0 Å². The van der Waals surface area contributed by atoms with Crippen molar-refractivity contribution in [2.24, 2.45) is 5.92 Å². The van der Waals surface area contributed by atoms with E-state index in [0.717, 1.165) is 4.31 Å². The molecule has 0 radical (unpaired) electrons. The van der Waals surface area contributed by atoms with Crippen LogP contribution in [0.15, 0.2) is 47.1 Å². The van der Waals surface area contributed by atoms with Gasteiger partial charge in [0.25, 0.3) is 5.91 Å². The molecule has 0 aromatic heterocycles. The Balaban J connectivity index is 0.000000221. The molecular weight excluding hydrogens is 516 g/mol. The number of hydrogen-bond donors (Lipinski definition) is 3. The van der Waals surface area contributed by atoms with E-state index in [1.807, 2.05) is 6.92 Å². The number of carbonyl (C=O) groups excluding carboxylic acids is 4. The summed E-state index contributed by atoms with van der Waals surface area (Å²) in [5.74, 6) is -3.34. The first-order valence-corrected chi connectivity index (χ1v) is 13.8. The molecule has 11 nitrogen and oxygen atoms in total. The third kappa shape index (κ3) is 5.71. The average Bonchev–Trinajstić information content (AvgIpc) is 3.12. The number of allylic oxidation sites excluding steroid dienone is 1. The fourth-order valence-corrected chi connectivity index (χ4v) is 6.14. The maximum Gasteiger partial charge on any atom is 0.342 e. The van der Waals surface area contributed by atoms with Gasteiger partial charge in [-0.05, 0) is 44.9 Å². The molecule has 3 N–H and O–H groups in total. The van der Waals surface area contributed by atoms with Gasteiger partial charge in [0.05, 0.1) is 28.5 Å². The quantitative estimate of drug-likeness (QED) is 0.291. The molecule has 0 saturated heterocycles. The van der Waals surface area contributed by atoms with Gasteiger partial charge < -0.3 is 14.9 Å². The number of ether oxygens (including phenoxy) is 1. The van der Waals surface area contributed by atoms with Crippen LogP contribution in [0.2, 0.25) is 0 Å². The summed E-state index contributed by atoms with van der Waals surface area (Å²) < 4.78 is 31.5. The molecule has 1 aromatic rings. The number of ketones is 1. The van der Waals surface area contributed by atoms with E-state index in [4.69, 9.17) is 0 Å². The first-order valence-electron chi connectivity index (χ1n) is 12.3. The number of carbonyl (C=O) groups is 4. The molecule has 0 spiro atoms. The molecule has 4 rings (SSSR count). The highest BCUT2D eigenvalue weighted by atomic mass is 32.2. The summed E-state index contributed by atoms with van der Waals surface area (Å²) in [6, 6.07) is 6.16. The fourth-order valence-electron chi connectivity index (χ4n) is 4.72. The molecule has 1 aromatic carbocycles. The monoisotopic (exact) mass is 548 g/mol. The summed E-state index contributed by atoms with van der Waals surface area (Å²) in [5.41, 5.74) is 1.41. The lowest BCUT2D eigenvalue weighted by Crippen LogP contribution is -2.48. The Kier molecular flexibility index (Phi) is 8.90. The predicted molar refractivity (Wildman–Crippen MR) is 137 cm³/mol. The second-order valence-corrected chi connectivity index (χ2v) is 11.0. The van der Waals surface area contributed by atoms with E-state index in [0.29, 0.717) is 29.7 Å². The van der Waals surface area contributed by atoms with Crippen LogP contribution in [0.5, 0.6) is 0 Å². The van der Waals surface area contributed by atoms with Gasteiger partial charge in [0.15, 0.2) is 5.78 Å². The molecule has 1 aliphatic carbocycles. The van der Waals surface area contributed by atoms with E-state index < -0.39 is 58.0 Å². The van der Waals surface area contributed by atoms with Gasteiger partial charge in [-0.15, -0.1) is 0 Å². The van der Waals surface area contributed by atoms with E-state index in [2.05, 4.69) is 9.46 Å². The Morgan fingerprint density at radius 3 is 2.39 bits per heavy atom. The Labute approximate surface area is 221 Å². The van der Waals surface area contributed by atoms with Crippen molar-refractivity contribution in [3.63, 3.8) is 0 Å². The number of aliphatic hydroxyl groups is 2. The smallest absolute Gasteiger partial charge is 0.342 e. The summed E-state index contributed by atoms with van der Waals surface area (Å²) >= 11 is 0. The second kappa shape index (κ2) is 11.6. The second-order valence-electron chi connectivity index (χ2n) is 9.48. The summed E-state index contributed by atoms with van der Waals surface area (Å²) in [6.07, 6.45) is -0.0470. The highest BCUT2D eigenvalue weighted by Crippen LogP contribution is 2.36. The van der Waals surface area contributed by atoms with Crippen LogP contribution in [0.25, 0.3) is 0 Å². The van der Waals surface area contributed by atoms with Crippen LogP contribution in [-0.2, 0) is 29.3 Å². The van der Waals surface area contributed by atoms with Gasteiger partial charge in [-0.25, -0.2) is 13.9 Å². The number of amides is 1. The third-order valence-corrected chi connectivity index (χ3v) is 8.14. The number of nitrogens with one attached hydrogen (secondary N) is 1. The van der Waals surface area contributed by atoms with Crippen LogP contribution in [0.4, 0.5) is 5.69 Å². The highest BCUT2D eigenvalue weighted by molar-refractivity contribution is 7.91. The predicted octanol–water partition coefficient (Wildman–Crippen LogP) is 2.02. The topological polar surface area (TPSA) is 167 Å². The van der Waals surface area contributed by atoms with Crippen LogP contribution in [-0.4, -0.2) is 64.8 Å². The van der Waals surface area contributed by atoms with Gasteiger partial charge in [-0.3, -0.25) is 14.3 Å². The van der Waals surface area contributed by atoms with E-state index in [1.165, 1.54) is 0 Å². The molecule has 3 aliphatic rings. The van der Waals surface area contributed by atoms with Crippen LogP contribution in [0, 0.1) is 5.92 Å². The van der Waals surface area contributed by atoms with Gasteiger partial charge in [-0.1, -0.05) is 31.6 Å². The lowest BCUT2D eigenvalue weighted by atomic mass is 9.84. The van der Waals surface area contributed by atoms with Crippen LogP contribution < -0.4 is 4.72 Å². The van der Waals surface area contributed by atoms with Crippen LogP contribution >= 0.6 is 0 Å². The number of anilines is 1. The van der Waals surface area contributed by atoms with Crippen molar-refractivity contribution in [3.8, 4) is 0 Å². The van der Waals surface area contributed by atoms with Crippen molar-refractivity contribution in [2.45, 2.75) is 71.6 Å². The molecule has 2 aliphatic heterocycles. The fraction of sp³-hybridized carbons (Fsp3) is 0.462. The number of hydrogen-bond acceptors (Lipinski definition) is 9. The Bertz CT molecular complexity index is 1310. The zero-order chi connectivity index (χ0) is 28.4. The van der Waals surface area contributed by atoms with Gasteiger partial charge in [-0.2, -0.15) is 8.42 Å². The van der Waals surface area contributed by atoms with E-state index in [-0.39, 0.29) is 24.0 Å². The molecule has 0 bridgehead atoms. The highest BCUT2D eigenvalue weighted by Gasteiger charge is 2.43. The number of Topliss-reactive ketones (excluding diaryl/α,β-unsaturated/α-hetero) is 1. The standard InChI is InChI=1S/C16H20O6.C10H12N2O3S/c1-3-5-9-13-10(15(20)22-16(13)21)6-8(4-2)11(17)7-12(18)14(9)19;1-7(2)12-10(13)8-5-3-4-6-9(8)11-16(12,14)15/h4,9,11,14,17,19H,3,5-7H2,1-2H3;3-7,11H,1-2H3/b8-4-;/t9-,11-,14-;/m0./s1. The van der Waals surface area contributed by atoms with Crippen molar-refractivity contribution >= 4 is 39.5 Å². The van der Waals surface area contributed by atoms with Gasteiger partial charge in [0, 0.05) is 24.8 Å². The molecule has 12 heteroatoms. The van der Waals surface area contributed by atoms with Gasteiger partial charge in [0.1, 0.15) is 6.10 Å². The first-order chi connectivity index (χ1) is 17.8. The molecule has 2 heterocycles. The average molecular weight is 549 g/mol. The van der Waals surface area contributed by atoms with Gasteiger partial charge >= 0.3 is 22.1 Å². The lowest BCUT2D eigenvalue weighted by Gasteiger charge is -2.31. The molecule has 3 atom stereocenters. The Morgan fingerprint density at radius 1 is 1.13 bits per heavy atom. The Hall–Kier alpha value is -3.35. The number of rotatable bonds is 3. The Morgan fingerprint density at radius 2 is 1.79 bits per heavy atom. The van der Waals surface area contributed by atoms with E-state index in [9.17, 15) is 37.8 Å². The van der Waals surface area contributed by atoms with Gasteiger partial charge in [0.2, 0.25) is 0 Å². The molecule has 0 saturated carbocycles. The minimum absolute atomic E-state index is 0.0534. The number of cyclic esters (lactones) is 2. The maximum absolute atomic E-state index is 12.2. The van der Waals surface area contributed by atoms with Crippen LogP contribution in [0.3, 0.4) is 0 Å². The largest absolute Gasteiger partial charge is 0.388 e. The number of nitrogens with zero attached hydrogens (tertiary/aromatic N) is 1. The minimum Gasteiger partial charge on any atom is -0.388 e. The molecule has 206 valence electrons. The number of benzene rings is 1. The lowest BCUT2D eigenvalue weighted by molar-refractivity contribution is -0.151. The summed E-state index contributed by atoms with van der Waals surface area (Å²) in [4.78, 5) is 48.1. The third-order valence-electron chi connectivity index (χ3n) is 6.56. The van der Waals surface area contributed by atoms with Crippen molar-refractivity contribution in [1.82, 2.24) is 4.31 Å². The zero-order valence-corrected chi connectivity index (χ0v) is 22.4. The van der Waals surface area contributed by atoms with E-state index in [1.54, 1.807) is 51.1 Å². The molecule has 1 amide bonds. The number of aliphatic hydroxyl groups excluding tert-OH is 2. The number of para-hydroxylation sites is 1. The summed E-state index contributed by atoms with van der Waals surface area (Å²) in [7, 11) is -3.75. The number of esters is 2.